The molecule has 1 heterocycles. The quantitative estimate of drug-likeness (QED) is 0.770. The minimum Gasteiger partial charge on any atom is -0.482 e. The molecule has 1 fully saturated rings. The van der Waals surface area contributed by atoms with Crippen LogP contribution in [0.1, 0.15) is 25.3 Å². The first-order chi connectivity index (χ1) is 11.3. The molecule has 0 unspecified atom stereocenters. The fourth-order valence-corrected chi connectivity index (χ4v) is 2.38. The first-order valence-electron chi connectivity index (χ1n) is 7.55. The number of carbonyl (C=O) groups is 2. The first-order valence-corrected chi connectivity index (χ1v) is 7.55. The van der Waals surface area contributed by atoms with Crippen molar-refractivity contribution in [2.75, 3.05) is 19.7 Å². The summed E-state index contributed by atoms with van der Waals surface area (Å²) in [6.45, 7) is 2.17. The number of esters is 1. The summed E-state index contributed by atoms with van der Waals surface area (Å²) in [5.41, 5.74) is -0.869. The van der Waals surface area contributed by atoms with Gasteiger partial charge in [-0.3, -0.25) is 4.79 Å². The van der Waals surface area contributed by atoms with Crippen LogP contribution in [0.15, 0.2) is 24.3 Å². The lowest BCUT2D eigenvalue weighted by Crippen LogP contribution is -2.38. The minimum absolute atomic E-state index is 0.0969. The average Bonchev–Trinajstić information content (AvgIpc) is 3.06. The highest BCUT2D eigenvalue weighted by Crippen LogP contribution is 2.31. The van der Waals surface area contributed by atoms with Crippen molar-refractivity contribution in [2.24, 2.45) is 0 Å². The summed E-state index contributed by atoms with van der Waals surface area (Å²) in [4.78, 5) is 25.3. The second kappa shape index (κ2) is 7.55. The van der Waals surface area contributed by atoms with E-state index in [1.165, 1.54) is 19.1 Å². The number of carbonyl (C=O) groups excluding carboxylic acids is 2. The standard InChI is InChI=1S/C16H18F3NO4/c1-11(15(22)20-7-2-3-8-20)24-14(21)10-23-13-6-4-5-12(9-13)16(17,18)19/h4-6,9,11H,2-3,7-8,10H2,1H3/t11-/m1/s1. The lowest BCUT2D eigenvalue weighted by atomic mass is 10.2. The van der Waals surface area contributed by atoms with Crippen LogP contribution < -0.4 is 4.74 Å². The summed E-state index contributed by atoms with van der Waals surface area (Å²) in [5.74, 6) is -1.19. The molecule has 5 nitrogen and oxygen atoms in total. The van der Waals surface area contributed by atoms with E-state index in [0.29, 0.717) is 13.1 Å². The monoisotopic (exact) mass is 345 g/mol. The number of benzene rings is 1. The predicted molar refractivity (Wildman–Crippen MR) is 78.3 cm³/mol. The van der Waals surface area contributed by atoms with E-state index in [1.807, 2.05) is 0 Å². The van der Waals surface area contributed by atoms with Crippen molar-refractivity contribution in [3.63, 3.8) is 0 Å². The molecule has 0 saturated carbocycles. The molecule has 2 rings (SSSR count). The molecule has 1 aliphatic rings. The smallest absolute Gasteiger partial charge is 0.416 e. The summed E-state index contributed by atoms with van der Waals surface area (Å²) >= 11 is 0. The van der Waals surface area contributed by atoms with Crippen molar-refractivity contribution >= 4 is 11.9 Å². The van der Waals surface area contributed by atoms with Gasteiger partial charge in [0, 0.05) is 13.1 Å². The summed E-state index contributed by atoms with van der Waals surface area (Å²) in [5, 5.41) is 0. The van der Waals surface area contributed by atoms with E-state index in [-0.39, 0.29) is 11.7 Å². The largest absolute Gasteiger partial charge is 0.482 e. The van der Waals surface area contributed by atoms with Crippen LogP contribution in [0.5, 0.6) is 5.75 Å². The Morgan fingerprint density at radius 1 is 1.25 bits per heavy atom. The highest BCUT2D eigenvalue weighted by atomic mass is 19.4. The molecule has 0 radical (unpaired) electrons. The van der Waals surface area contributed by atoms with Crippen LogP contribution in [0.2, 0.25) is 0 Å². The fraction of sp³-hybridized carbons (Fsp3) is 0.500. The molecule has 1 atom stereocenters. The molecule has 8 heteroatoms. The van der Waals surface area contributed by atoms with E-state index in [4.69, 9.17) is 9.47 Å². The second-order valence-electron chi connectivity index (χ2n) is 5.48. The van der Waals surface area contributed by atoms with Crippen LogP contribution in [0.4, 0.5) is 13.2 Å². The average molecular weight is 345 g/mol. The summed E-state index contributed by atoms with van der Waals surface area (Å²) in [6, 6.07) is 4.19. The highest BCUT2D eigenvalue weighted by molar-refractivity contribution is 5.84. The van der Waals surface area contributed by atoms with Gasteiger partial charge in [-0.25, -0.2) is 4.79 Å². The molecule has 1 aliphatic heterocycles. The number of likely N-dealkylation sites (tertiary alicyclic amines) is 1. The Bertz CT molecular complexity index is 597. The van der Waals surface area contributed by atoms with Gasteiger partial charge in [-0.15, -0.1) is 0 Å². The molecular formula is C16H18F3NO4. The van der Waals surface area contributed by atoms with Crippen LogP contribution in [0.25, 0.3) is 0 Å². The van der Waals surface area contributed by atoms with E-state index in [1.54, 1.807) is 4.90 Å². The molecule has 24 heavy (non-hydrogen) atoms. The zero-order chi connectivity index (χ0) is 17.7. The van der Waals surface area contributed by atoms with E-state index < -0.39 is 30.4 Å². The van der Waals surface area contributed by atoms with Crippen LogP contribution >= 0.6 is 0 Å². The van der Waals surface area contributed by atoms with Crippen LogP contribution in [-0.4, -0.2) is 42.6 Å². The Balaban J connectivity index is 1.83. The van der Waals surface area contributed by atoms with Crippen molar-refractivity contribution < 1.29 is 32.2 Å². The molecule has 1 aromatic carbocycles. The van der Waals surface area contributed by atoms with Gasteiger partial charge in [0.15, 0.2) is 12.7 Å². The minimum atomic E-state index is -4.49. The molecule has 1 amide bonds. The Hall–Kier alpha value is -2.25. The first kappa shape index (κ1) is 18.1. The molecular weight excluding hydrogens is 327 g/mol. The van der Waals surface area contributed by atoms with Gasteiger partial charge >= 0.3 is 12.1 Å². The number of halogens is 3. The van der Waals surface area contributed by atoms with E-state index in [9.17, 15) is 22.8 Å². The molecule has 0 bridgehead atoms. The van der Waals surface area contributed by atoms with Crippen molar-refractivity contribution in [1.82, 2.24) is 4.90 Å². The third kappa shape index (κ3) is 4.87. The topological polar surface area (TPSA) is 55.8 Å². The summed E-state index contributed by atoms with van der Waals surface area (Å²) < 4.78 is 47.7. The molecule has 1 aromatic rings. The van der Waals surface area contributed by atoms with Crippen LogP contribution in [-0.2, 0) is 20.5 Å². The Labute approximate surface area is 137 Å². The Morgan fingerprint density at radius 3 is 2.54 bits per heavy atom. The predicted octanol–water partition coefficient (Wildman–Crippen LogP) is 2.64. The summed E-state index contributed by atoms with van der Waals surface area (Å²) in [6.07, 6.45) is -3.59. The van der Waals surface area contributed by atoms with Crippen LogP contribution in [0, 0.1) is 0 Å². The Morgan fingerprint density at radius 2 is 1.92 bits per heavy atom. The van der Waals surface area contributed by atoms with Gasteiger partial charge in [0.2, 0.25) is 0 Å². The SMILES string of the molecule is C[C@@H](OC(=O)COc1cccc(C(F)(F)F)c1)C(=O)N1CCCC1. The van der Waals surface area contributed by atoms with Gasteiger partial charge in [0.1, 0.15) is 5.75 Å². The maximum atomic E-state index is 12.6. The van der Waals surface area contributed by atoms with E-state index in [2.05, 4.69) is 0 Å². The molecule has 0 aromatic heterocycles. The molecule has 0 spiro atoms. The number of ether oxygens (including phenoxy) is 2. The van der Waals surface area contributed by atoms with Gasteiger partial charge in [0.05, 0.1) is 5.56 Å². The van der Waals surface area contributed by atoms with Crippen LogP contribution in [0.3, 0.4) is 0 Å². The van der Waals surface area contributed by atoms with E-state index in [0.717, 1.165) is 25.0 Å². The third-order valence-electron chi connectivity index (χ3n) is 3.59. The van der Waals surface area contributed by atoms with Crippen molar-refractivity contribution in [3.8, 4) is 5.75 Å². The van der Waals surface area contributed by atoms with Crippen molar-refractivity contribution in [1.29, 1.82) is 0 Å². The maximum absolute atomic E-state index is 12.6. The summed E-state index contributed by atoms with van der Waals surface area (Å²) in [7, 11) is 0. The number of nitrogens with zero attached hydrogens (tertiary/aromatic N) is 1. The van der Waals surface area contributed by atoms with E-state index >= 15 is 0 Å². The van der Waals surface area contributed by atoms with Gasteiger partial charge in [-0.1, -0.05) is 6.07 Å². The molecule has 0 aliphatic carbocycles. The number of hydrogen-bond donors (Lipinski definition) is 0. The number of alkyl halides is 3. The fourth-order valence-electron chi connectivity index (χ4n) is 2.38. The molecule has 1 saturated heterocycles. The van der Waals surface area contributed by atoms with Gasteiger partial charge in [-0.05, 0) is 38.0 Å². The zero-order valence-electron chi connectivity index (χ0n) is 13.1. The van der Waals surface area contributed by atoms with Gasteiger partial charge in [0.25, 0.3) is 5.91 Å². The van der Waals surface area contributed by atoms with Crippen molar-refractivity contribution in [3.05, 3.63) is 29.8 Å². The van der Waals surface area contributed by atoms with Gasteiger partial charge in [-0.2, -0.15) is 13.2 Å². The van der Waals surface area contributed by atoms with Crippen molar-refractivity contribution in [2.45, 2.75) is 32.0 Å². The molecule has 0 N–H and O–H groups in total. The second-order valence-corrected chi connectivity index (χ2v) is 5.48. The zero-order valence-corrected chi connectivity index (χ0v) is 13.1. The normalized spacial score (nSPS) is 15.9. The maximum Gasteiger partial charge on any atom is 0.416 e. The highest BCUT2D eigenvalue weighted by Gasteiger charge is 2.31. The third-order valence-corrected chi connectivity index (χ3v) is 3.59. The lowest BCUT2D eigenvalue weighted by Gasteiger charge is -2.20. The lowest BCUT2D eigenvalue weighted by molar-refractivity contribution is -0.160. The Kier molecular flexibility index (Phi) is 5.69. The van der Waals surface area contributed by atoms with Gasteiger partial charge < -0.3 is 14.4 Å². The number of amides is 1. The molecule has 132 valence electrons. The number of hydrogen-bond acceptors (Lipinski definition) is 4. The number of rotatable bonds is 5.